The Morgan fingerprint density at radius 3 is 2.48 bits per heavy atom. The SMILES string of the molecule is CCNC(C1CCOC2(CCCC2)C1)C(C)(C)S(C)(=O)=O. The molecule has 1 N–H and O–H groups in total. The van der Waals surface area contributed by atoms with Crippen molar-refractivity contribution in [2.75, 3.05) is 19.4 Å². The molecule has 1 aliphatic heterocycles. The highest BCUT2D eigenvalue weighted by Gasteiger charge is 2.48. The molecule has 1 saturated carbocycles. The van der Waals surface area contributed by atoms with Gasteiger partial charge in [0.25, 0.3) is 0 Å². The topological polar surface area (TPSA) is 55.4 Å². The lowest BCUT2D eigenvalue weighted by Gasteiger charge is -2.45. The Bertz CT molecular complexity index is 452. The van der Waals surface area contributed by atoms with E-state index in [0.717, 1.165) is 38.8 Å². The Morgan fingerprint density at radius 1 is 1.33 bits per heavy atom. The van der Waals surface area contributed by atoms with Crippen LogP contribution in [0.2, 0.25) is 0 Å². The molecule has 0 aromatic carbocycles. The first kappa shape index (κ1) is 17.2. The molecule has 2 atom stereocenters. The molecular weight excluding hydrogens is 286 g/mol. The summed E-state index contributed by atoms with van der Waals surface area (Å²) < 4.78 is 29.9. The van der Waals surface area contributed by atoms with Crippen LogP contribution in [-0.4, -0.2) is 44.2 Å². The zero-order valence-electron chi connectivity index (χ0n) is 13.9. The van der Waals surface area contributed by atoms with Gasteiger partial charge in [-0.15, -0.1) is 0 Å². The largest absolute Gasteiger partial charge is 0.375 e. The molecule has 21 heavy (non-hydrogen) atoms. The van der Waals surface area contributed by atoms with Crippen molar-refractivity contribution in [3.63, 3.8) is 0 Å². The van der Waals surface area contributed by atoms with Gasteiger partial charge in [0.15, 0.2) is 9.84 Å². The number of sulfone groups is 1. The first-order valence-corrected chi connectivity index (χ1v) is 10.2. The van der Waals surface area contributed by atoms with E-state index in [2.05, 4.69) is 12.2 Å². The molecule has 0 aromatic rings. The Hall–Kier alpha value is -0.130. The summed E-state index contributed by atoms with van der Waals surface area (Å²) in [5.74, 6) is 0.376. The fraction of sp³-hybridized carbons (Fsp3) is 1.00. The molecule has 1 aliphatic carbocycles. The fourth-order valence-electron chi connectivity index (χ4n) is 4.15. The van der Waals surface area contributed by atoms with Crippen LogP contribution in [0.25, 0.3) is 0 Å². The van der Waals surface area contributed by atoms with Crippen LogP contribution >= 0.6 is 0 Å². The molecule has 2 unspecified atom stereocenters. The summed E-state index contributed by atoms with van der Waals surface area (Å²) in [5, 5.41) is 3.47. The lowest BCUT2D eigenvalue weighted by molar-refractivity contribution is -0.0993. The molecule has 0 aromatic heterocycles. The minimum Gasteiger partial charge on any atom is -0.375 e. The number of ether oxygens (including phenoxy) is 1. The lowest BCUT2D eigenvalue weighted by atomic mass is 9.77. The van der Waals surface area contributed by atoms with Crippen LogP contribution < -0.4 is 5.32 Å². The number of hydrogen-bond acceptors (Lipinski definition) is 4. The molecule has 4 nitrogen and oxygen atoms in total. The number of rotatable bonds is 5. The zero-order chi connectivity index (χ0) is 15.7. The lowest BCUT2D eigenvalue weighted by Crippen LogP contribution is -2.58. The Labute approximate surface area is 129 Å². The fourth-order valence-corrected chi connectivity index (χ4v) is 4.89. The molecule has 2 aliphatic rings. The molecule has 2 rings (SSSR count). The smallest absolute Gasteiger partial charge is 0.154 e. The van der Waals surface area contributed by atoms with Gasteiger partial charge in [0, 0.05) is 18.9 Å². The quantitative estimate of drug-likeness (QED) is 0.846. The number of hydrogen-bond donors (Lipinski definition) is 1. The molecule has 1 heterocycles. The molecule has 124 valence electrons. The maximum atomic E-state index is 12.3. The number of nitrogens with one attached hydrogen (secondary N) is 1. The van der Waals surface area contributed by atoms with E-state index in [9.17, 15) is 8.42 Å². The van der Waals surface area contributed by atoms with E-state index < -0.39 is 14.6 Å². The standard InChI is InChI=1S/C16H31NO3S/c1-5-17-14(15(2,3)21(4,18)19)13-8-11-20-16(12-13)9-6-7-10-16/h13-14,17H,5-12H2,1-4H3. The molecule has 1 spiro atoms. The van der Waals surface area contributed by atoms with Crippen molar-refractivity contribution in [2.24, 2.45) is 5.92 Å². The van der Waals surface area contributed by atoms with Crippen molar-refractivity contribution < 1.29 is 13.2 Å². The van der Waals surface area contributed by atoms with Crippen LogP contribution in [0.15, 0.2) is 0 Å². The van der Waals surface area contributed by atoms with Crippen molar-refractivity contribution >= 4 is 9.84 Å². The van der Waals surface area contributed by atoms with Crippen molar-refractivity contribution in [1.29, 1.82) is 0 Å². The van der Waals surface area contributed by atoms with Gasteiger partial charge in [-0.3, -0.25) is 0 Å². The second kappa shape index (κ2) is 6.17. The molecular formula is C16H31NO3S. The van der Waals surface area contributed by atoms with Crippen LogP contribution in [0.4, 0.5) is 0 Å². The summed E-state index contributed by atoms with van der Waals surface area (Å²) in [5.41, 5.74) is 0.0319. The first-order valence-electron chi connectivity index (χ1n) is 8.29. The Kier molecular flexibility index (Phi) is 5.06. The normalized spacial score (nSPS) is 27.9. The summed E-state index contributed by atoms with van der Waals surface area (Å²) in [4.78, 5) is 0. The third-order valence-electron chi connectivity index (χ3n) is 5.65. The average molecular weight is 317 g/mol. The highest BCUT2D eigenvalue weighted by Crippen LogP contribution is 2.44. The van der Waals surface area contributed by atoms with Crippen molar-refractivity contribution in [1.82, 2.24) is 5.32 Å². The van der Waals surface area contributed by atoms with Gasteiger partial charge in [0.05, 0.1) is 10.3 Å². The van der Waals surface area contributed by atoms with Gasteiger partial charge in [-0.05, 0) is 52.0 Å². The van der Waals surface area contributed by atoms with Crippen LogP contribution in [0.1, 0.15) is 59.3 Å². The molecule has 0 radical (unpaired) electrons. The van der Waals surface area contributed by atoms with Gasteiger partial charge in [-0.1, -0.05) is 19.8 Å². The molecule has 0 bridgehead atoms. The van der Waals surface area contributed by atoms with E-state index in [1.165, 1.54) is 19.1 Å². The van der Waals surface area contributed by atoms with Crippen LogP contribution in [0.3, 0.4) is 0 Å². The third kappa shape index (κ3) is 3.45. The second-order valence-electron chi connectivity index (χ2n) is 7.40. The minimum absolute atomic E-state index is 0.00104. The summed E-state index contributed by atoms with van der Waals surface area (Å²) in [7, 11) is -3.11. The highest BCUT2D eigenvalue weighted by molar-refractivity contribution is 7.92. The van der Waals surface area contributed by atoms with Gasteiger partial charge in [-0.25, -0.2) is 8.42 Å². The summed E-state index contributed by atoms with van der Waals surface area (Å²) in [6.45, 7) is 7.36. The van der Waals surface area contributed by atoms with Gasteiger partial charge in [-0.2, -0.15) is 0 Å². The first-order chi connectivity index (χ1) is 9.72. The minimum atomic E-state index is -3.11. The van der Waals surface area contributed by atoms with Crippen molar-refractivity contribution in [2.45, 2.75) is 75.7 Å². The van der Waals surface area contributed by atoms with Crippen LogP contribution in [-0.2, 0) is 14.6 Å². The third-order valence-corrected chi connectivity index (χ3v) is 7.81. The molecule has 2 fully saturated rings. The monoisotopic (exact) mass is 317 g/mol. The van der Waals surface area contributed by atoms with Gasteiger partial charge in [0.1, 0.15) is 0 Å². The maximum absolute atomic E-state index is 12.3. The van der Waals surface area contributed by atoms with Crippen LogP contribution in [0, 0.1) is 5.92 Å². The van der Waals surface area contributed by atoms with E-state index in [4.69, 9.17) is 4.74 Å². The average Bonchev–Trinajstić information content (AvgIpc) is 2.82. The van der Waals surface area contributed by atoms with E-state index in [-0.39, 0.29) is 11.6 Å². The van der Waals surface area contributed by atoms with Crippen molar-refractivity contribution in [3.8, 4) is 0 Å². The predicted octanol–water partition coefficient (Wildman–Crippen LogP) is 2.53. The van der Waals surface area contributed by atoms with E-state index in [1.807, 2.05) is 13.8 Å². The summed E-state index contributed by atoms with van der Waals surface area (Å²) in [6.07, 6.45) is 8.09. The van der Waals surface area contributed by atoms with Crippen molar-refractivity contribution in [3.05, 3.63) is 0 Å². The summed E-state index contributed by atoms with van der Waals surface area (Å²) in [6, 6.07) is -0.00104. The Morgan fingerprint density at radius 2 is 1.95 bits per heavy atom. The predicted molar refractivity (Wildman–Crippen MR) is 86.3 cm³/mol. The Balaban J connectivity index is 2.21. The molecule has 5 heteroatoms. The maximum Gasteiger partial charge on any atom is 0.154 e. The molecule has 0 amide bonds. The summed E-state index contributed by atoms with van der Waals surface area (Å²) >= 11 is 0. The van der Waals surface area contributed by atoms with Crippen LogP contribution in [0.5, 0.6) is 0 Å². The van der Waals surface area contributed by atoms with E-state index >= 15 is 0 Å². The van der Waals surface area contributed by atoms with Gasteiger partial charge >= 0.3 is 0 Å². The second-order valence-corrected chi connectivity index (χ2v) is 10.00. The molecule has 1 saturated heterocycles. The highest BCUT2D eigenvalue weighted by atomic mass is 32.2. The van der Waals surface area contributed by atoms with Gasteiger partial charge in [0.2, 0.25) is 0 Å². The zero-order valence-corrected chi connectivity index (χ0v) is 14.8. The van der Waals surface area contributed by atoms with E-state index in [0.29, 0.717) is 5.92 Å². The van der Waals surface area contributed by atoms with E-state index in [1.54, 1.807) is 0 Å². The van der Waals surface area contributed by atoms with Gasteiger partial charge < -0.3 is 10.1 Å².